The molecular formula is C12H10BrNO4. The number of methoxy groups -OCH3 is 1. The van der Waals surface area contributed by atoms with Gasteiger partial charge < -0.3 is 14.8 Å². The summed E-state index contributed by atoms with van der Waals surface area (Å²) in [7, 11) is 1.49. The van der Waals surface area contributed by atoms with Crippen molar-refractivity contribution in [3.8, 4) is 5.75 Å². The monoisotopic (exact) mass is 311 g/mol. The first-order valence-corrected chi connectivity index (χ1v) is 6.22. The lowest BCUT2D eigenvalue weighted by atomic mass is 10.1. The fourth-order valence-corrected chi connectivity index (χ4v) is 2.10. The van der Waals surface area contributed by atoms with Crippen LogP contribution in [-0.2, 0) is 0 Å². The number of carboxylic acid groups (broad SMARTS) is 1. The number of carbonyl (C=O) groups is 2. The van der Waals surface area contributed by atoms with Gasteiger partial charge in [0.05, 0.1) is 18.0 Å². The number of nitrogens with one attached hydrogen (secondary N) is 1. The second kappa shape index (κ2) is 4.81. The largest absolute Gasteiger partial charge is 0.495 e. The molecule has 0 radical (unpaired) electrons. The number of aromatic amines is 1. The molecule has 0 spiro atoms. The van der Waals surface area contributed by atoms with Crippen LogP contribution in [0, 0.1) is 0 Å². The van der Waals surface area contributed by atoms with Crippen LogP contribution in [0.4, 0.5) is 0 Å². The molecule has 0 amide bonds. The normalized spacial score (nSPS) is 10.6. The number of carbonyl (C=O) groups excluding carboxylic acids is 1. The summed E-state index contributed by atoms with van der Waals surface area (Å²) in [6, 6.07) is 4.71. The molecule has 6 heteroatoms. The van der Waals surface area contributed by atoms with Gasteiger partial charge in [0.25, 0.3) is 0 Å². The smallest absolute Gasteiger partial charge is 0.352 e. The first-order valence-electron chi connectivity index (χ1n) is 5.10. The highest BCUT2D eigenvalue weighted by Crippen LogP contribution is 2.29. The second-order valence-electron chi connectivity index (χ2n) is 3.65. The summed E-state index contributed by atoms with van der Waals surface area (Å²) in [6.07, 6.45) is 0. The van der Waals surface area contributed by atoms with E-state index < -0.39 is 5.97 Å². The third-order valence-electron chi connectivity index (χ3n) is 2.63. The number of ketones is 1. The molecule has 1 aromatic carbocycles. The van der Waals surface area contributed by atoms with Crippen molar-refractivity contribution in [1.29, 1.82) is 0 Å². The molecule has 94 valence electrons. The maximum Gasteiger partial charge on any atom is 0.352 e. The third kappa shape index (κ3) is 1.99. The van der Waals surface area contributed by atoms with Gasteiger partial charge in [-0.25, -0.2) is 4.79 Å². The first-order chi connectivity index (χ1) is 8.58. The van der Waals surface area contributed by atoms with Gasteiger partial charge in [-0.1, -0.05) is 15.9 Å². The van der Waals surface area contributed by atoms with E-state index in [1.54, 1.807) is 12.1 Å². The summed E-state index contributed by atoms with van der Waals surface area (Å²) in [4.78, 5) is 25.5. The Labute approximate surface area is 111 Å². The quantitative estimate of drug-likeness (QED) is 0.671. The summed E-state index contributed by atoms with van der Waals surface area (Å²) in [5.74, 6) is -0.687. The van der Waals surface area contributed by atoms with Gasteiger partial charge in [-0.2, -0.15) is 0 Å². The summed E-state index contributed by atoms with van der Waals surface area (Å²) in [5, 5.41) is 9.70. The van der Waals surface area contributed by atoms with E-state index in [-0.39, 0.29) is 16.8 Å². The summed E-state index contributed by atoms with van der Waals surface area (Å²) in [5.41, 5.74) is 1.01. The Bertz CT molecular complexity index is 632. The highest BCUT2D eigenvalue weighted by atomic mass is 79.9. The molecule has 0 saturated carbocycles. The van der Waals surface area contributed by atoms with Crippen LogP contribution < -0.4 is 4.74 Å². The van der Waals surface area contributed by atoms with Crippen LogP contribution >= 0.6 is 15.9 Å². The van der Waals surface area contributed by atoms with Crippen molar-refractivity contribution in [2.24, 2.45) is 0 Å². The number of alkyl halides is 1. The lowest BCUT2D eigenvalue weighted by Crippen LogP contribution is -2.00. The molecule has 5 nitrogen and oxygen atoms in total. The zero-order chi connectivity index (χ0) is 13.3. The molecule has 0 bridgehead atoms. The van der Waals surface area contributed by atoms with Crippen molar-refractivity contribution in [1.82, 2.24) is 4.98 Å². The van der Waals surface area contributed by atoms with E-state index in [1.807, 2.05) is 0 Å². The molecule has 0 aliphatic carbocycles. The number of rotatable bonds is 4. The van der Waals surface area contributed by atoms with E-state index >= 15 is 0 Å². The minimum absolute atomic E-state index is 0.0260. The number of ether oxygens (including phenoxy) is 1. The number of H-pyrrole nitrogens is 1. The van der Waals surface area contributed by atoms with Crippen molar-refractivity contribution < 1.29 is 19.4 Å². The van der Waals surface area contributed by atoms with Gasteiger partial charge in [0, 0.05) is 10.9 Å². The van der Waals surface area contributed by atoms with Gasteiger partial charge in [0.15, 0.2) is 5.78 Å². The van der Waals surface area contributed by atoms with Crippen LogP contribution in [0.1, 0.15) is 20.8 Å². The number of aromatic carboxylic acids is 1. The molecule has 0 aliphatic heterocycles. The predicted molar refractivity (Wildman–Crippen MR) is 69.9 cm³/mol. The Balaban J connectivity index is 2.75. The summed E-state index contributed by atoms with van der Waals surface area (Å²) < 4.78 is 5.14. The molecule has 0 fully saturated rings. The molecule has 2 rings (SSSR count). The molecule has 0 atom stereocenters. The maximum atomic E-state index is 11.8. The predicted octanol–water partition coefficient (Wildman–Crippen LogP) is 2.45. The Morgan fingerprint density at radius 1 is 1.44 bits per heavy atom. The average molecular weight is 312 g/mol. The van der Waals surface area contributed by atoms with E-state index in [0.29, 0.717) is 22.2 Å². The van der Waals surface area contributed by atoms with Crippen LogP contribution in [0.3, 0.4) is 0 Å². The number of aromatic nitrogens is 1. The highest BCUT2D eigenvalue weighted by Gasteiger charge is 2.17. The van der Waals surface area contributed by atoms with Crippen LogP contribution in [-0.4, -0.2) is 34.3 Å². The van der Waals surface area contributed by atoms with Gasteiger partial charge >= 0.3 is 5.97 Å². The summed E-state index contributed by atoms with van der Waals surface area (Å²) in [6.45, 7) is 0. The SMILES string of the molecule is COc1ccc(C(=O)CBr)c2cc(C(=O)O)[nH]c12. The van der Waals surface area contributed by atoms with Crippen molar-refractivity contribution >= 4 is 38.6 Å². The number of halogens is 1. The van der Waals surface area contributed by atoms with Crippen LogP contribution in [0.15, 0.2) is 18.2 Å². The van der Waals surface area contributed by atoms with Crippen molar-refractivity contribution in [2.45, 2.75) is 0 Å². The number of Topliss-reactive ketones (excluding diaryl/α,β-unsaturated/α-hetero) is 1. The van der Waals surface area contributed by atoms with E-state index in [9.17, 15) is 9.59 Å². The standard InChI is InChI=1S/C12H10BrNO4/c1-18-10-3-2-6(9(15)5-13)7-4-8(12(16)17)14-11(7)10/h2-4,14H,5H2,1H3,(H,16,17). The molecule has 2 aromatic rings. The third-order valence-corrected chi connectivity index (χ3v) is 3.14. The fraction of sp³-hybridized carbons (Fsp3) is 0.167. The lowest BCUT2D eigenvalue weighted by Gasteiger charge is -2.04. The number of benzene rings is 1. The number of carboxylic acids is 1. The Morgan fingerprint density at radius 2 is 2.17 bits per heavy atom. The molecule has 2 N–H and O–H groups in total. The number of fused-ring (bicyclic) bond motifs is 1. The van der Waals surface area contributed by atoms with E-state index in [4.69, 9.17) is 9.84 Å². The minimum Gasteiger partial charge on any atom is -0.495 e. The maximum absolute atomic E-state index is 11.8. The molecule has 18 heavy (non-hydrogen) atoms. The van der Waals surface area contributed by atoms with Gasteiger partial charge in [-0.3, -0.25) is 4.79 Å². The molecule has 0 aliphatic rings. The van der Waals surface area contributed by atoms with E-state index in [2.05, 4.69) is 20.9 Å². The molecule has 1 aromatic heterocycles. The van der Waals surface area contributed by atoms with Crippen molar-refractivity contribution in [3.63, 3.8) is 0 Å². The van der Waals surface area contributed by atoms with Crippen LogP contribution in [0.25, 0.3) is 10.9 Å². The molecular weight excluding hydrogens is 302 g/mol. The van der Waals surface area contributed by atoms with E-state index in [0.717, 1.165) is 0 Å². The summed E-state index contributed by atoms with van der Waals surface area (Å²) >= 11 is 3.10. The first kappa shape index (κ1) is 12.6. The molecule has 1 heterocycles. The zero-order valence-corrected chi connectivity index (χ0v) is 11.1. The Kier molecular flexibility index (Phi) is 3.38. The van der Waals surface area contributed by atoms with Crippen molar-refractivity contribution in [3.05, 3.63) is 29.5 Å². The van der Waals surface area contributed by atoms with Gasteiger partial charge in [-0.15, -0.1) is 0 Å². The van der Waals surface area contributed by atoms with Crippen LogP contribution in [0.5, 0.6) is 5.75 Å². The average Bonchev–Trinajstić information content (AvgIpc) is 2.81. The highest BCUT2D eigenvalue weighted by molar-refractivity contribution is 9.09. The van der Waals surface area contributed by atoms with Gasteiger partial charge in [0.2, 0.25) is 0 Å². The Hall–Kier alpha value is -1.82. The second-order valence-corrected chi connectivity index (χ2v) is 4.21. The number of hydrogen-bond acceptors (Lipinski definition) is 3. The van der Waals surface area contributed by atoms with Gasteiger partial charge in [-0.05, 0) is 18.2 Å². The topological polar surface area (TPSA) is 79.4 Å². The van der Waals surface area contributed by atoms with E-state index in [1.165, 1.54) is 13.2 Å². The zero-order valence-electron chi connectivity index (χ0n) is 9.49. The van der Waals surface area contributed by atoms with Crippen molar-refractivity contribution in [2.75, 3.05) is 12.4 Å². The minimum atomic E-state index is -1.08. The Morgan fingerprint density at radius 3 is 2.72 bits per heavy atom. The van der Waals surface area contributed by atoms with Crippen LogP contribution in [0.2, 0.25) is 0 Å². The fourth-order valence-electron chi connectivity index (χ4n) is 1.79. The lowest BCUT2D eigenvalue weighted by molar-refractivity contribution is 0.0691. The molecule has 0 saturated heterocycles. The van der Waals surface area contributed by atoms with Gasteiger partial charge in [0.1, 0.15) is 11.4 Å². The number of hydrogen-bond donors (Lipinski definition) is 2. The molecule has 0 unspecified atom stereocenters.